The van der Waals surface area contributed by atoms with Gasteiger partial charge in [-0.15, -0.1) is 0 Å². The summed E-state index contributed by atoms with van der Waals surface area (Å²) in [7, 11) is 0. The maximum atomic E-state index is 12.6. The highest BCUT2D eigenvalue weighted by Crippen LogP contribution is 2.24. The third kappa shape index (κ3) is 9.93. The molecule has 6 heteroatoms. The lowest BCUT2D eigenvalue weighted by Crippen LogP contribution is -2.42. The molecule has 0 aliphatic rings. The average molecular weight is 481 g/mol. The molecule has 3 N–H and O–H groups in total. The van der Waals surface area contributed by atoms with Crippen LogP contribution in [0.2, 0.25) is 0 Å². The van der Waals surface area contributed by atoms with E-state index < -0.39 is 12.0 Å². The lowest BCUT2D eigenvalue weighted by molar-refractivity contribution is -0.141. The number of carbonyl (C=O) groups excluding carboxylic acids is 2. The SMILES string of the molecule is CCCCCCCC(C)C(=O)Nc1cccc(-c2ccc(CC(NC(=O)CCC)C(=O)O)cc2)c1. The third-order valence-electron chi connectivity index (χ3n) is 6.16. The summed E-state index contributed by atoms with van der Waals surface area (Å²) in [5, 5.41) is 15.1. The van der Waals surface area contributed by atoms with Gasteiger partial charge in [-0.3, -0.25) is 9.59 Å². The molecule has 0 radical (unpaired) electrons. The fraction of sp³-hybridized carbons (Fsp3) is 0.483. The van der Waals surface area contributed by atoms with Gasteiger partial charge in [-0.05, 0) is 41.7 Å². The van der Waals surface area contributed by atoms with Crippen molar-refractivity contribution in [3.63, 3.8) is 0 Å². The second kappa shape index (κ2) is 15.0. The number of hydrogen-bond acceptors (Lipinski definition) is 3. The van der Waals surface area contributed by atoms with Gasteiger partial charge in [-0.25, -0.2) is 4.79 Å². The fourth-order valence-corrected chi connectivity index (χ4v) is 3.99. The predicted octanol–water partition coefficient (Wildman–Crippen LogP) is 6.20. The van der Waals surface area contributed by atoms with Gasteiger partial charge in [0.2, 0.25) is 11.8 Å². The third-order valence-corrected chi connectivity index (χ3v) is 6.16. The first-order chi connectivity index (χ1) is 16.8. The molecule has 0 saturated heterocycles. The Morgan fingerprint density at radius 2 is 1.60 bits per heavy atom. The van der Waals surface area contributed by atoms with Crippen molar-refractivity contribution < 1.29 is 19.5 Å². The smallest absolute Gasteiger partial charge is 0.326 e. The van der Waals surface area contributed by atoms with Crippen LogP contribution in [0.15, 0.2) is 48.5 Å². The summed E-state index contributed by atoms with van der Waals surface area (Å²) in [6.07, 6.45) is 8.05. The second-order valence-corrected chi connectivity index (χ2v) is 9.28. The first-order valence-corrected chi connectivity index (χ1v) is 12.9. The van der Waals surface area contributed by atoms with Gasteiger partial charge >= 0.3 is 5.97 Å². The van der Waals surface area contributed by atoms with Crippen LogP contribution >= 0.6 is 0 Å². The van der Waals surface area contributed by atoms with Crippen molar-refractivity contribution >= 4 is 23.5 Å². The molecule has 0 aliphatic carbocycles. The van der Waals surface area contributed by atoms with Gasteiger partial charge in [0.05, 0.1) is 0 Å². The molecule has 2 aromatic carbocycles. The number of nitrogens with one attached hydrogen (secondary N) is 2. The predicted molar refractivity (Wildman–Crippen MR) is 141 cm³/mol. The van der Waals surface area contributed by atoms with E-state index in [0.717, 1.165) is 35.2 Å². The van der Waals surface area contributed by atoms with Crippen LogP contribution in [0.3, 0.4) is 0 Å². The van der Waals surface area contributed by atoms with Gasteiger partial charge in [0, 0.05) is 24.4 Å². The van der Waals surface area contributed by atoms with E-state index in [1.54, 1.807) is 0 Å². The number of carboxylic acids is 1. The zero-order chi connectivity index (χ0) is 25.6. The van der Waals surface area contributed by atoms with Gasteiger partial charge in [-0.2, -0.15) is 0 Å². The molecular formula is C29H40N2O4. The summed E-state index contributed by atoms with van der Waals surface area (Å²) in [5.41, 5.74) is 3.53. The molecule has 0 heterocycles. The minimum absolute atomic E-state index is 0.0282. The zero-order valence-corrected chi connectivity index (χ0v) is 21.3. The molecule has 2 amide bonds. The highest BCUT2D eigenvalue weighted by atomic mass is 16.4. The van der Waals surface area contributed by atoms with Crippen LogP contribution in [0.1, 0.15) is 77.7 Å². The zero-order valence-electron chi connectivity index (χ0n) is 21.3. The quantitative estimate of drug-likeness (QED) is 0.264. The fourth-order valence-electron chi connectivity index (χ4n) is 3.99. The summed E-state index contributed by atoms with van der Waals surface area (Å²) >= 11 is 0. The monoisotopic (exact) mass is 480 g/mol. The first-order valence-electron chi connectivity index (χ1n) is 12.9. The van der Waals surface area contributed by atoms with Crippen LogP contribution in [-0.2, 0) is 20.8 Å². The van der Waals surface area contributed by atoms with Crippen LogP contribution < -0.4 is 10.6 Å². The topological polar surface area (TPSA) is 95.5 Å². The van der Waals surface area contributed by atoms with Crippen LogP contribution in [0.5, 0.6) is 0 Å². The van der Waals surface area contributed by atoms with Crippen molar-refractivity contribution in [2.24, 2.45) is 5.92 Å². The van der Waals surface area contributed by atoms with E-state index in [9.17, 15) is 19.5 Å². The van der Waals surface area contributed by atoms with Gasteiger partial charge in [0.25, 0.3) is 0 Å². The summed E-state index contributed by atoms with van der Waals surface area (Å²) in [6.45, 7) is 6.06. The summed E-state index contributed by atoms with van der Waals surface area (Å²) in [4.78, 5) is 36.0. The summed E-state index contributed by atoms with van der Waals surface area (Å²) in [6, 6.07) is 14.4. The van der Waals surface area contributed by atoms with Crippen LogP contribution in [0, 0.1) is 5.92 Å². The maximum absolute atomic E-state index is 12.6. The summed E-state index contributed by atoms with van der Waals surface area (Å²) in [5.74, 6) is -1.28. The van der Waals surface area contributed by atoms with Crippen LogP contribution in [0.4, 0.5) is 5.69 Å². The molecule has 2 aromatic rings. The van der Waals surface area contributed by atoms with Crippen molar-refractivity contribution in [3.8, 4) is 11.1 Å². The van der Waals surface area contributed by atoms with Gasteiger partial charge in [-0.1, -0.05) is 89.3 Å². The normalized spacial score (nSPS) is 12.5. The molecule has 2 unspecified atom stereocenters. The van der Waals surface area contributed by atoms with Crippen molar-refractivity contribution in [2.45, 2.75) is 84.6 Å². The van der Waals surface area contributed by atoms with E-state index in [2.05, 4.69) is 17.6 Å². The van der Waals surface area contributed by atoms with Crippen molar-refractivity contribution in [2.75, 3.05) is 5.32 Å². The molecule has 2 rings (SSSR count). The van der Waals surface area contributed by atoms with E-state index >= 15 is 0 Å². The Labute approximate surface area is 209 Å². The lowest BCUT2D eigenvalue weighted by Gasteiger charge is -2.15. The second-order valence-electron chi connectivity index (χ2n) is 9.28. The van der Waals surface area contributed by atoms with E-state index in [0.29, 0.717) is 12.8 Å². The number of rotatable bonds is 15. The molecule has 6 nitrogen and oxygen atoms in total. The molecule has 0 bridgehead atoms. The number of anilines is 1. The molecule has 0 saturated carbocycles. The van der Waals surface area contributed by atoms with Crippen LogP contribution in [0.25, 0.3) is 11.1 Å². The molecule has 0 fully saturated rings. The molecule has 190 valence electrons. The molecular weight excluding hydrogens is 440 g/mol. The van der Waals surface area contributed by atoms with Crippen molar-refractivity contribution in [1.29, 1.82) is 0 Å². The van der Waals surface area contributed by atoms with Gasteiger partial charge < -0.3 is 15.7 Å². The van der Waals surface area contributed by atoms with Gasteiger partial charge in [0.1, 0.15) is 6.04 Å². The largest absolute Gasteiger partial charge is 0.480 e. The van der Waals surface area contributed by atoms with E-state index in [-0.39, 0.29) is 24.2 Å². The molecule has 35 heavy (non-hydrogen) atoms. The number of carbonyl (C=O) groups is 3. The highest BCUT2D eigenvalue weighted by molar-refractivity contribution is 5.93. The van der Waals surface area contributed by atoms with Gasteiger partial charge in [0.15, 0.2) is 0 Å². The van der Waals surface area contributed by atoms with Crippen molar-refractivity contribution in [1.82, 2.24) is 5.32 Å². The van der Waals surface area contributed by atoms with E-state index in [1.165, 1.54) is 25.7 Å². The number of hydrogen-bond donors (Lipinski definition) is 3. The Bertz CT molecular complexity index is 955. The first kappa shape index (κ1) is 28.1. The maximum Gasteiger partial charge on any atom is 0.326 e. The standard InChI is InChI=1S/C29H40N2O4/c1-4-6-7-8-9-12-21(3)28(33)30-25-14-10-13-24(20-25)23-17-15-22(16-18-23)19-26(29(34)35)31-27(32)11-5-2/h10,13-18,20-21,26H,4-9,11-12,19H2,1-3H3,(H,30,33)(H,31,32)(H,34,35). The Hall–Kier alpha value is -3.15. The Morgan fingerprint density at radius 3 is 2.26 bits per heavy atom. The van der Waals surface area contributed by atoms with E-state index in [1.807, 2.05) is 62.4 Å². The molecule has 0 aliphatic heterocycles. The highest BCUT2D eigenvalue weighted by Gasteiger charge is 2.20. The lowest BCUT2D eigenvalue weighted by atomic mass is 9.99. The molecule has 0 aromatic heterocycles. The van der Waals surface area contributed by atoms with Crippen LogP contribution in [-0.4, -0.2) is 28.9 Å². The minimum Gasteiger partial charge on any atom is -0.480 e. The van der Waals surface area contributed by atoms with Crippen molar-refractivity contribution in [3.05, 3.63) is 54.1 Å². The average Bonchev–Trinajstić information content (AvgIpc) is 2.84. The van der Waals surface area contributed by atoms with E-state index in [4.69, 9.17) is 0 Å². The summed E-state index contributed by atoms with van der Waals surface area (Å²) < 4.78 is 0. The molecule has 0 spiro atoms. The number of aliphatic carboxylic acids is 1. The number of benzene rings is 2. The minimum atomic E-state index is -1.04. The molecule has 2 atom stereocenters. The Balaban J connectivity index is 1.97. The Morgan fingerprint density at radius 1 is 0.886 bits per heavy atom. The number of amides is 2. The Kier molecular flexibility index (Phi) is 12.0. The number of unbranched alkanes of at least 4 members (excludes halogenated alkanes) is 4. The number of carboxylic acid groups (broad SMARTS) is 1.